The van der Waals surface area contributed by atoms with Crippen LogP contribution in [0.15, 0.2) is 0 Å². The molecule has 0 amide bonds. The molecule has 2 heteroatoms. The molecule has 0 heterocycles. The first-order chi connectivity index (χ1) is 3.63. The zero-order valence-corrected chi connectivity index (χ0v) is 5.35. The van der Waals surface area contributed by atoms with Gasteiger partial charge in [0.15, 0.2) is 0 Å². The van der Waals surface area contributed by atoms with Crippen LogP contribution >= 0.6 is 0 Å². The number of hydrogen-bond acceptors (Lipinski definition) is 2. The molecule has 1 aliphatic rings. The number of rotatable bonds is 0. The normalized spacial score (nSPS) is 47.6. The number of nitrogens with two attached hydrogens (primary N) is 2. The van der Waals surface area contributed by atoms with Crippen molar-refractivity contribution in [3.05, 3.63) is 0 Å². The Kier molecular flexibility index (Phi) is 1.29. The van der Waals surface area contributed by atoms with Gasteiger partial charge in [0.05, 0.1) is 0 Å². The molecule has 1 fully saturated rings. The minimum atomic E-state index is -0.0694. The summed E-state index contributed by atoms with van der Waals surface area (Å²) in [7, 11) is 0. The summed E-state index contributed by atoms with van der Waals surface area (Å²) in [6, 6.07) is 0.238. The van der Waals surface area contributed by atoms with Crippen molar-refractivity contribution in [1.82, 2.24) is 0 Å². The van der Waals surface area contributed by atoms with Crippen molar-refractivity contribution in [3.8, 4) is 0 Å². The topological polar surface area (TPSA) is 52.0 Å². The van der Waals surface area contributed by atoms with Crippen molar-refractivity contribution in [2.45, 2.75) is 37.8 Å². The summed E-state index contributed by atoms with van der Waals surface area (Å²) in [5, 5.41) is 0. The van der Waals surface area contributed by atoms with Crippen molar-refractivity contribution in [2.24, 2.45) is 11.5 Å². The Morgan fingerprint density at radius 3 is 2.38 bits per heavy atom. The fourth-order valence-electron chi connectivity index (χ4n) is 1.22. The molecule has 0 aromatic carbocycles. The van der Waals surface area contributed by atoms with Gasteiger partial charge in [0, 0.05) is 11.6 Å². The van der Waals surface area contributed by atoms with E-state index < -0.39 is 0 Å². The van der Waals surface area contributed by atoms with Gasteiger partial charge in [0.2, 0.25) is 0 Å². The van der Waals surface area contributed by atoms with Gasteiger partial charge in [0.1, 0.15) is 0 Å². The molecule has 2 nitrogen and oxygen atoms in total. The average Bonchev–Trinajstić information content (AvgIpc) is 1.86. The fraction of sp³-hybridized carbons (Fsp3) is 1.00. The molecule has 0 bridgehead atoms. The molecule has 0 unspecified atom stereocenters. The van der Waals surface area contributed by atoms with Crippen LogP contribution < -0.4 is 11.5 Å². The summed E-state index contributed by atoms with van der Waals surface area (Å²) >= 11 is 0. The van der Waals surface area contributed by atoms with Crippen LogP contribution in [0.25, 0.3) is 0 Å². The van der Waals surface area contributed by atoms with E-state index in [1.54, 1.807) is 0 Å². The van der Waals surface area contributed by atoms with E-state index in [9.17, 15) is 0 Å². The molecule has 1 saturated carbocycles. The van der Waals surface area contributed by atoms with Crippen LogP contribution in [0, 0.1) is 0 Å². The van der Waals surface area contributed by atoms with E-state index in [1.165, 1.54) is 6.42 Å². The molecule has 0 saturated heterocycles. The molecule has 0 aromatic heterocycles. The molecule has 0 spiro atoms. The molecule has 0 radical (unpaired) electrons. The van der Waals surface area contributed by atoms with Crippen molar-refractivity contribution in [3.63, 3.8) is 0 Å². The summed E-state index contributed by atoms with van der Waals surface area (Å²) in [5.74, 6) is 0. The van der Waals surface area contributed by atoms with Crippen LogP contribution in [0.5, 0.6) is 0 Å². The van der Waals surface area contributed by atoms with Crippen LogP contribution in [-0.2, 0) is 0 Å². The van der Waals surface area contributed by atoms with Crippen LogP contribution in [0.1, 0.15) is 26.2 Å². The minimum Gasteiger partial charge on any atom is -0.326 e. The molecule has 1 aliphatic carbocycles. The fourth-order valence-corrected chi connectivity index (χ4v) is 1.22. The largest absolute Gasteiger partial charge is 0.326 e. The summed E-state index contributed by atoms with van der Waals surface area (Å²) in [4.78, 5) is 0. The summed E-state index contributed by atoms with van der Waals surface area (Å²) in [6.07, 6.45) is 3.40. The molecule has 8 heavy (non-hydrogen) atoms. The zero-order valence-electron chi connectivity index (χ0n) is 5.35. The Morgan fingerprint density at radius 1 is 1.62 bits per heavy atom. The molecule has 0 aliphatic heterocycles. The van der Waals surface area contributed by atoms with Gasteiger partial charge in [-0.25, -0.2) is 0 Å². The molecule has 0 aromatic rings. The van der Waals surface area contributed by atoms with Crippen molar-refractivity contribution < 1.29 is 0 Å². The minimum absolute atomic E-state index is 0.0694. The summed E-state index contributed by atoms with van der Waals surface area (Å²) in [6.45, 7) is 2.03. The predicted molar refractivity (Wildman–Crippen MR) is 34.4 cm³/mol. The van der Waals surface area contributed by atoms with Gasteiger partial charge in [-0.15, -0.1) is 0 Å². The highest BCUT2D eigenvalue weighted by molar-refractivity contribution is 4.95. The lowest BCUT2D eigenvalue weighted by Crippen LogP contribution is -2.48. The van der Waals surface area contributed by atoms with E-state index in [0.717, 1.165) is 12.8 Å². The van der Waals surface area contributed by atoms with E-state index >= 15 is 0 Å². The zero-order chi connectivity index (χ0) is 6.20. The highest BCUT2D eigenvalue weighted by Gasteiger charge is 2.31. The molecule has 2 atom stereocenters. The van der Waals surface area contributed by atoms with Gasteiger partial charge < -0.3 is 11.5 Å². The lowest BCUT2D eigenvalue weighted by atomic mass is 9.98. The van der Waals surface area contributed by atoms with Crippen molar-refractivity contribution in [2.75, 3.05) is 0 Å². The van der Waals surface area contributed by atoms with Crippen LogP contribution in [0.3, 0.4) is 0 Å². The highest BCUT2D eigenvalue weighted by atomic mass is 14.9. The Morgan fingerprint density at radius 2 is 2.25 bits per heavy atom. The maximum atomic E-state index is 5.80. The van der Waals surface area contributed by atoms with Crippen molar-refractivity contribution >= 4 is 0 Å². The van der Waals surface area contributed by atoms with Gasteiger partial charge >= 0.3 is 0 Å². The number of hydrogen-bond donors (Lipinski definition) is 2. The second-order valence-corrected chi connectivity index (χ2v) is 3.00. The van der Waals surface area contributed by atoms with Crippen LogP contribution in [0.2, 0.25) is 0 Å². The van der Waals surface area contributed by atoms with Gasteiger partial charge in [-0.1, -0.05) is 0 Å². The maximum Gasteiger partial charge on any atom is 0.0279 e. The molecule has 4 N–H and O–H groups in total. The van der Waals surface area contributed by atoms with E-state index in [4.69, 9.17) is 11.5 Å². The molecular formula is C6H14N2. The van der Waals surface area contributed by atoms with Gasteiger partial charge in [-0.2, -0.15) is 0 Å². The first-order valence-electron chi connectivity index (χ1n) is 3.17. The third-order valence-electron chi connectivity index (χ3n) is 2.08. The Balaban J connectivity index is 2.54. The molecular weight excluding hydrogens is 100 g/mol. The second-order valence-electron chi connectivity index (χ2n) is 3.00. The van der Waals surface area contributed by atoms with E-state index in [2.05, 4.69) is 0 Å². The highest BCUT2D eigenvalue weighted by Crippen LogP contribution is 2.24. The lowest BCUT2D eigenvalue weighted by Gasteiger charge is -2.22. The Hall–Kier alpha value is -0.0800. The monoisotopic (exact) mass is 114 g/mol. The maximum absolute atomic E-state index is 5.80. The van der Waals surface area contributed by atoms with Crippen molar-refractivity contribution in [1.29, 1.82) is 0 Å². The predicted octanol–water partition coefficient (Wildman–Crippen LogP) is 0.215. The molecule has 48 valence electrons. The van der Waals surface area contributed by atoms with Crippen LogP contribution in [-0.4, -0.2) is 11.6 Å². The summed E-state index contributed by atoms with van der Waals surface area (Å²) in [5.41, 5.74) is 11.4. The SMILES string of the molecule is C[C@]1(N)CCC[C@@H]1N. The second kappa shape index (κ2) is 1.71. The van der Waals surface area contributed by atoms with Gasteiger partial charge in [0.25, 0.3) is 0 Å². The lowest BCUT2D eigenvalue weighted by molar-refractivity contribution is 0.429. The van der Waals surface area contributed by atoms with E-state index in [-0.39, 0.29) is 11.6 Å². The first kappa shape index (κ1) is 6.05. The Bertz CT molecular complexity index is 88.5. The summed E-state index contributed by atoms with van der Waals surface area (Å²) < 4.78 is 0. The third kappa shape index (κ3) is 0.858. The standard InChI is InChI=1S/C6H14N2/c1-6(8)4-2-3-5(6)7/h5H,2-4,7-8H2,1H3/t5-,6-/m0/s1. The smallest absolute Gasteiger partial charge is 0.0279 e. The van der Waals surface area contributed by atoms with Crippen LogP contribution in [0.4, 0.5) is 0 Å². The van der Waals surface area contributed by atoms with Gasteiger partial charge in [-0.05, 0) is 26.2 Å². The quantitative estimate of drug-likeness (QED) is 0.473. The third-order valence-corrected chi connectivity index (χ3v) is 2.08. The Labute approximate surface area is 50.2 Å². The van der Waals surface area contributed by atoms with Gasteiger partial charge in [-0.3, -0.25) is 0 Å². The molecule has 1 rings (SSSR count). The average molecular weight is 114 g/mol. The first-order valence-corrected chi connectivity index (χ1v) is 3.17. The van der Waals surface area contributed by atoms with E-state index in [0.29, 0.717) is 0 Å². The van der Waals surface area contributed by atoms with E-state index in [1.807, 2.05) is 6.92 Å².